The zero-order valence-electron chi connectivity index (χ0n) is 14.8. The van der Waals surface area contributed by atoms with Gasteiger partial charge in [-0.05, 0) is 26.2 Å². The number of carbonyl (C=O) groups is 2. The number of amides is 2. The van der Waals surface area contributed by atoms with Gasteiger partial charge in [-0.2, -0.15) is 0 Å². The number of aliphatic carboxylic acids is 1. The molecule has 0 radical (unpaired) electrons. The average Bonchev–Trinajstić information content (AvgIpc) is 2.27. The van der Waals surface area contributed by atoms with Gasteiger partial charge in [-0.1, -0.05) is 48.5 Å². The van der Waals surface area contributed by atoms with Crippen LogP contribution in [0.5, 0.6) is 0 Å². The fourth-order valence-corrected chi connectivity index (χ4v) is 1.16. The molecule has 0 saturated heterocycles. The average molecular weight is 290 g/mol. The van der Waals surface area contributed by atoms with Crippen molar-refractivity contribution in [3.63, 3.8) is 0 Å². The smallest absolute Gasteiger partial charge is 0.326 e. The van der Waals surface area contributed by atoms with Crippen molar-refractivity contribution in [2.45, 2.75) is 80.8 Å². The minimum absolute atomic E-state index is 0.384. The van der Waals surface area contributed by atoms with E-state index in [0.29, 0.717) is 0 Å². The monoisotopic (exact) mass is 290 g/mol. The SMILES string of the molecule is CC.CC.CC(C)(C)NC(=O)N[C@H](C(=O)O)C(C)(C)C. The maximum absolute atomic E-state index is 11.5. The Morgan fingerprint density at radius 2 is 1.25 bits per heavy atom. The summed E-state index contributed by atoms with van der Waals surface area (Å²) >= 11 is 0. The Bertz CT molecular complexity index is 276. The molecule has 0 aromatic carbocycles. The highest BCUT2D eigenvalue weighted by atomic mass is 16.4. The maximum atomic E-state index is 11.5. The molecule has 0 aromatic heterocycles. The van der Waals surface area contributed by atoms with E-state index in [9.17, 15) is 9.59 Å². The van der Waals surface area contributed by atoms with Gasteiger partial charge in [0.2, 0.25) is 0 Å². The van der Waals surface area contributed by atoms with Gasteiger partial charge in [-0.15, -0.1) is 0 Å². The van der Waals surface area contributed by atoms with Crippen LogP contribution in [0.4, 0.5) is 4.79 Å². The van der Waals surface area contributed by atoms with Crippen LogP contribution in [0.25, 0.3) is 0 Å². The molecule has 0 aliphatic rings. The quantitative estimate of drug-likeness (QED) is 0.726. The zero-order valence-corrected chi connectivity index (χ0v) is 14.8. The standard InChI is InChI=1S/C11H22N2O3.2C2H6/c1-10(2,3)7(8(14)15)12-9(16)13-11(4,5)6;2*1-2/h7H,1-6H3,(H,14,15)(H2,12,13,16);2*1-2H3/t7-;;/m1../s1. The van der Waals surface area contributed by atoms with Crippen molar-refractivity contribution in [3.05, 3.63) is 0 Å². The Balaban J connectivity index is -0.000000656. The van der Waals surface area contributed by atoms with Crippen LogP contribution in [-0.2, 0) is 4.79 Å². The number of rotatable bonds is 2. The summed E-state index contributed by atoms with van der Waals surface area (Å²) < 4.78 is 0. The van der Waals surface area contributed by atoms with Crippen molar-refractivity contribution in [3.8, 4) is 0 Å². The third-order valence-corrected chi connectivity index (χ3v) is 1.88. The number of hydrogen-bond acceptors (Lipinski definition) is 2. The summed E-state index contributed by atoms with van der Waals surface area (Å²) in [5.74, 6) is -1.03. The molecule has 0 spiro atoms. The van der Waals surface area contributed by atoms with E-state index in [1.165, 1.54) is 0 Å². The lowest BCUT2D eigenvalue weighted by molar-refractivity contribution is -0.141. The summed E-state index contributed by atoms with van der Waals surface area (Å²) in [6, 6.07) is -1.37. The number of carboxylic acid groups (broad SMARTS) is 1. The highest BCUT2D eigenvalue weighted by Crippen LogP contribution is 2.19. The Labute approximate surface area is 124 Å². The molecule has 0 aromatic rings. The van der Waals surface area contributed by atoms with Crippen LogP contribution in [0.2, 0.25) is 0 Å². The van der Waals surface area contributed by atoms with Crippen LogP contribution < -0.4 is 10.6 Å². The number of nitrogens with one attached hydrogen (secondary N) is 2. The van der Waals surface area contributed by atoms with E-state index in [1.807, 2.05) is 48.5 Å². The molecular weight excluding hydrogens is 256 g/mol. The van der Waals surface area contributed by atoms with Crippen molar-refractivity contribution < 1.29 is 14.7 Å². The summed E-state index contributed by atoms with van der Waals surface area (Å²) in [5.41, 5.74) is -0.911. The van der Waals surface area contributed by atoms with E-state index in [2.05, 4.69) is 10.6 Å². The van der Waals surface area contributed by atoms with Gasteiger partial charge in [0, 0.05) is 5.54 Å². The number of carbonyl (C=O) groups excluding carboxylic acids is 1. The van der Waals surface area contributed by atoms with Gasteiger partial charge in [0.05, 0.1) is 0 Å². The van der Waals surface area contributed by atoms with E-state index in [4.69, 9.17) is 5.11 Å². The first-order chi connectivity index (χ1) is 8.93. The van der Waals surface area contributed by atoms with E-state index < -0.39 is 23.5 Å². The predicted molar refractivity (Wildman–Crippen MR) is 85.0 cm³/mol. The fraction of sp³-hybridized carbons (Fsp3) is 0.867. The molecule has 0 fully saturated rings. The number of carboxylic acids is 1. The number of hydrogen-bond donors (Lipinski definition) is 3. The van der Waals surface area contributed by atoms with Gasteiger partial charge in [-0.25, -0.2) is 9.59 Å². The van der Waals surface area contributed by atoms with E-state index in [-0.39, 0.29) is 5.54 Å². The molecule has 0 heterocycles. The molecule has 0 unspecified atom stereocenters. The van der Waals surface area contributed by atoms with Crippen molar-refractivity contribution in [1.82, 2.24) is 10.6 Å². The second-order valence-corrected chi connectivity index (χ2v) is 5.99. The van der Waals surface area contributed by atoms with Crippen molar-refractivity contribution in [2.24, 2.45) is 5.41 Å². The zero-order chi connectivity index (χ0) is 17.1. The minimum atomic E-state index is -1.03. The van der Waals surface area contributed by atoms with Crippen LogP contribution in [0.1, 0.15) is 69.2 Å². The highest BCUT2D eigenvalue weighted by molar-refractivity contribution is 5.83. The Morgan fingerprint density at radius 1 is 0.900 bits per heavy atom. The van der Waals surface area contributed by atoms with Gasteiger partial charge in [0.1, 0.15) is 6.04 Å². The summed E-state index contributed by atoms with van der Waals surface area (Å²) in [4.78, 5) is 22.5. The second-order valence-electron chi connectivity index (χ2n) is 5.99. The number of urea groups is 1. The molecule has 0 aliphatic heterocycles. The molecule has 1 atom stereocenters. The molecule has 5 nitrogen and oxygen atoms in total. The molecule has 0 bridgehead atoms. The Kier molecular flexibility index (Phi) is 12.5. The lowest BCUT2D eigenvalue weighted by Gasteiger charge is -2.29. The van der Waals surface area contributed by atoms with Crippen LogP contribution >= 0.6 is 0 Å². The van der Waals surface area contributed by atoms with Crippen molar-refractivity contribution in [2.75, 3.05) is 0 Å². The van der Waals surface area contributed by atoms with E-state index in [1.54, 1.807) is 20.8 Å². The fourth-order valence-electron chi connectivity index (χ4n) is 1.16. The third-order valence-electron chi connectivity index (χ3n) is 1.88. The van der Waals surface area contributed by atoms with Gasteiger partial charge in [0.25, 0.3) is 0 Å². The summed E-state index contributed by atoms with van der Waals surface area (Å²) in [5, 5.41) is 14.1. The molecular formula is C15H34N2O3. The summed E-state index contributed by atoms with van der Waals surface area (Å²) in [6.45, 7) is 18.8. The normalized spacial score (nSPS) is 11.9. The largest absolute Gasteiger partial charge is 0.480 e. The van der Waals surface area contributed by atoms with Crippen molar-refractivity contribution in [1.29, 1.82) is 0 Å². The van der Waals surface area contributed by atoms with Crippen LogP contribution in [-0.4, -0.2) is 28.7 Å². The van der Waals surface area contributed by atoms with Gasteiger partial charge >= 0.3 is 12.0 Å². The summed E-state index contributed by atoms with van der Waals surface area (Å²) in [6.07, 6.45) is 0. The second kappa shape index (κ2) is 10.5. The molecule has 122 valence electrons. The van der Waals surface area contributed by atoms with Crippen LogP contribution in [0.3, 0.4) is 0 Å². The first-order valence-electron chi connectivity index (χ1n) is 7.25. The van der Waals surface area contributed by atoms with E-state index >= 15 is 0 Å². The van der Waals surface area contributed by atoms with Gasteiger partial charge in [-0.3, -0.25) is 0 Å². The van der Waals surface area contributed by atoms with Crippen LogP contribution in [0, 0.1) is 5.41 Å². The predicted octanol–water partition coefficient (Wildman–Crippen LogP) is 3.64. The molecule has 0 rings (SSSR count). The molecule has 2 amide bonds. The van der Waals surface area contributed by atoms with Crippen molar-refractivity contribution >= 4 is 12.0 Å². The highest BCUT2D eigenvalue weighted by Gasteiger charge is 2.33. The lowest BCUT2D eigenvalue weighted by Crippen LogP contribution is -2.55. The molecule has 20 heavy (non-hydrogen) atoms. The molecule has 0 aliphatic carbocycles. The maximum Gasteiger partial charge on any atom is 0.326 e. The lowest BCUT2D eigenvalue weighted by atomic mass is 9.87. The van der Waals surface area contributed by atoms with Gasteiger partial charge < -0.3 is 15.7 Å². The van der Waals surface area contributed by atoms with Gasteiger partial charge in [0.15, 0.2) is 0 Å². The first-order valence-corrected chi connectivity index (χ1v) is 7.25. The third kappa shape index (κ3) is 13.2. The minimum Gasteiger partial charge on any atom is -0.480 e. The summed E-state index contributed by atoms with van der Waals surface area (Å²) in [7, 11) is 0. The topological polar surface area (TPSA) is 78.4 Å². The van der Waals surface area contributed by atoms with E-state index in [0.717, 1.165) is 0 Å². The first kappa shape index (κ1) is 23.8. The molecule has 0 saturated carbocycles. The Hall–Kier alpha value is -1.26. The van der Waals surface area contributed by atoms with Crippen LogP contribution in [0.15, 0.2) is 0 Å². The molecule has 3 N–H and O–H groups in total. The Morgan fingerprint density at radius 3 is 1.45 bits per heavy atom. The molecule has 5 heteroatoms.